The van der Waals surface area contributed by atoms with Gasteiger partial charge in [-0.1, -0.05) is 36.1 Å². The number of fused-ring (bicyclic) bond motifs is 3. The molecule has 0 bridgehead atoms. The zero-order valence-corrected chi connectivity index (χ0v) is 39.5. The smallest absolute Gasteiger partial charge is 0.871 e. The van der Waals surface area contributed by atoms with Gasteiger partial charge in [0.2, 0.25) is 0 Å². The molecule has 7 aromatic rings. The summed E-state index contributed by atoms with van der Waals surface area (Å²) in [5.41, 5.74) is 7.12. The molecule has 0 atom stereocenters. The Morgan fingerprint density at radius 2 is 0.881 bits per heavy atom. The Bertz CT molecular complexity index is 3210. The minimum absolute atomic E-state index is 0. The summed E-state index contributed by atoms with van der Waals surface area (Å²) in [6.45, 7) is 0. The third-order valence-electron chi connectivity index (χ3n) is 8.37. The molecule has 0 fully saturated rings. The first-order chi connectivity index (χ1) is 26.5. The van der Waals surface area contributed by atoms with Crippen LogP contribution >= 0.6 is 0 Å². The van der Waals surface area contributed by atoms with E-state index >= 15 is 0 Å². The Hall–Kier alpha value is -3.55. The maximum atomic E-state index is 12.8. The monoisotopic (exact) mass is 877 g/mol. The van der Waals surface area contributed by atoms with Gasteiger partial charge in [0, 0.05) is 32.6 Å². The van der Waals surface area contributed by atoms with Crippen LogP contribution in [0.15, 0.2) is 161 Å². The van der Waals surface area contributed by atoms with Crippen molar-refractivity contribution in [1.82, 2.24) is 0 Å². The van der Waals surface area contributed by atoms with Crippen LogP contribution < -0.4 is 99.5 Å². The Morgan fingerprint density at radius 1 is 0.458 bits per heavy atom. The molecule has 0 aromatic heterocycles. The van der Waals surface area contributed by atoms with Crippen molar-refractivity contribution < 1.29 is 133 Å². The van der Waals surface area contributed by atoms with Crippen molar-refractivity contribution in [3.05, 3.63) is 115 Å². The average Bonchev–Trinajstić information content (AvgIpc) is 3.15. The van der Waals surface area contributed by atoms with Gasteiger partial charge in [-0.05, 0) is 90.3 Å². The summed E-state index contributed by atoms with van der Waals surface area (Å²) in [4.78, 5) is -1.55. The number of nitrogens with zero attached hydrogens (tertiary/aromatic N) is 6. The average molecular weight is 878 g/mol. The molecule has 282 valence electrons. The van der Waals surface area contributed by atoms with Gasteiger partial charge in [0.15, 0.2) is 0 Å². The summed E-state index contributed by atoms with van der Waals surface area (Å²) in [7, 11) is -14.4. The Balaban J connectivity index is 0.00000256. The van der Waals surface area contributed by atoms with Crippen LogP contribution in [0.3, 0.4) is 0 Å². The molecule has 0 radical (unpaired) electrons. The van der Waals surface area contributed by atoms with Crippen molar-refractivity contribution in [2.45, 2.75) is 14.7 Å². The van der Waals surface area contributed by atoms with Crippen LogP contribution in [0, 0.1) is 0 Å². The fraction of sp³-hybridized carbons (Fsp3) is 0. The third-order valence-corrected chi connectivity index (χ3v) is 10.9. The fourth-order valence-electron chi connectivity index (χ4n) is 5.65. The van der Waals surface area contributed by atoms with Crippen molar-refractivity contribution in [2.24, 2.45) is 30.7 Å². The first kappa shape index (κ1) is 48.1. The Kier molecular flexibility index (Phi) is 15.5. The predicted molar refractivity (Wildman–Crippen MR) is 200 cm³/mol. The van der Waals surface area contributed by atoms with Crippen molar-refractivity contribution >= 4 is 102 Å². The van der Waals surface area contributed by atoms with Gasteiger partial charge in [0.05, 0.1) is 48.8 Å². The number of azo groups is 3. The normalized spacial score (nSPS) is 12.3. The van der Waals surface area contributed by atoms with E-state index in [1.54, 1.807) is 30.3 Å². The fourth-order valence-corrected chi connectivity index (χ4v) is 7.16. The molecule has 0 heterocycles. The first-order valence-corrected chi connectivity index (χ1v) is 20.1. The molecular formula is C36H22N7Na3O10S3. The van der Waals surface area contributed by atoms with Gasteiger partial charge in [0.25, 0.3) is 10.1 Å². The van der Waals surface area contributed by atoms with Crippen molar-refractivity contribution in [2.75, 3.05) is 5.73 Å². The molecule has 0 saturated carbocycles. The van der Waals surface area contributed by atoms with E-state index in [-0.39, 0.29) is 138 Å². The van der Waals surface area contributed by atoms with E-state index in [4.69, 9.17) is 5.73 Å². The van der Waals surface area contributed by atoms with Crippen molar-refractivity contribution in [3.8, 4) is 5.75 Å². The molecule has 0 aliphatic heterocycles. The van der Waals surface area contributed by atoms with Crippen molar-refractivity contribution in [3.63, 3.8) is 0 Å². The van der Waals surface area contributed by atoms with Gasteiger partial charge in [-0.3, -0.25) is 4.55 Å². The van der Waals surface area contributed by atoms with E-state index < -0.39 is 50.8 Å². The second-order valence-electron chi connectivity index (χ2n) is 12.0. The number of anilines is 1. The number of nitrogen functional groups attached to an aromatic ring is 1. The van der Waals surface area contributed by atoms with Crippen LogP contribution in [-0.4, -0.2) is 38.9 Å². The van der Waals surface area contributed by atoms with E-state index in [0.717, 1.165) is 42.5 Å². The SMILES string of the molecule is Nc1ccc(N=Nc2ccc(N=Nc3ccc(N=Nc4c([O-])ccc5cc(S(=O)(=O)[O-])ccc45)c4ccc(S(=O)(=O)O)cc34)c3cc(S(=O)(=O)[O-])ccc23)cc1.[Na+].[Na+].[Na+]. The summed E-state index contributed by atoms with van der Waals surface area (Å²) in [5.74, 6) is -0.569. The van der Waals surface area contributed by atoms with E-state index in [1.165, 1.54) is 42.5 Å². The molecule has 17 nitrogen and oxygen atoms in total. The number of hydrogen-bond acceptors (Lipinski definition) is 16. The largest absolute Gasteiger partial charge is 1.00 e. The maximum Gasteiger partial charge on any atom is 1.00 e. The molecule has 3 N–H and O–H groups in total. The van der Waals surface area contributed by atoms with Gasteiger partial charge >= 0.3 is 88.7 Å². The summed E-state index contributed by atoms with van der Waals surface area (Å²) in [5, 5.41) is 39.5. The van der Waals surface area contributed by atoms with E-state index in [1.807, 2.05) is 0 Å². The number of hydrogen-bond donors (Lipinski definition) is 2. The Morgan fingerprint density at radius 3 is 1.39 bits per heavy atom. The van der Waals surface area contributed by atoms with E-state index in [0.29, 0.717) is 22.4 Å². The molecule has 7 aromatic carbocycles. The van der Waals surface area contributed by atoms with Crippen LogP contribution in [0.4, 0.5) is 39.8 Å². The zero-order valence-electron chi connectivity index (χ0n) is 31.1. The van der Waals surface area contributed by atoms with Crippen LogP contribution in [-0.2, 0) is 30.4 Å². The number of benzene rings is 7. The summed E-state index contributed by atoms with van der Waals surface area (Å²) in [6.07, 6.45) is 0. The Labute approximate surface area is 402 Å². The molecule has 0 spiro atoms. The minimum atomic E-state index is -4.90. The summed E-state index contributed by atoms with van der Waals surface area (Å²) < 4.78 is 105. The molecule has 0 aliphatic rings. The van der Waals surface area contributed by atoms with Gasteiger partial charge in [0.1, 0.15) is 20.2 Å². The van der Waals surface area contributed by atoms with Crippen LogP contribution in [0.1, 0.15) is 0 Å². The topological polar surface area (TPSA) is 292 Å². The standard InChI is InChI=1S/C36H25N7O10S3.3Na/c37-21-2-4-22(5-3-21)38-39-31-12-14-33(29-18-24(55(48,49)50)7-10-27(29)31)40-41-34-15-13-32(28-11-8-25(19-30(28)34)56(51,52)53)42-43-36-26-9-6-23(54(45,46)47)17-20(26)1-16-35(36)44;;;/h1-19,44H,37H2,(H,45,46,47)(H,48,49,50)(H,51,52,53);;;/q;3*+1/p-3. The zero-order chi connectivity index (χ0) is 40.0. The van der Waals surface area contributed by atoms with E-state index in [2.05, 4.69) is 30.7 Å². The van der Waals surface area contributed by atoms with Crippen LogP contribution in [0.5, 0.6) is 5.75 Å². The molecule has 0 unspecified atom stereocenters. The van der Waals surface area contributed by atoms with Crippen molar-refractivity contribution in [1.29, 1.82) is 0 Å². The third kappa shape index (κ3) is 10.9. The maximum absolute atomic E-state index is 12.8. The minimum Gasteiger partial charge on any atom is -0.871 e. The van der Waals surface area contributed by atoms with Gasteiger partial charge in [-0.2, -0.15) is 18.6 Å². The second-order valence-corrected chi connectivity index (χ2v) is 16.2. The number of nitrogens with two attached hydrogens (primary N) is 1. The molecule has 0 amide bonds. The van der Waals surface area contributed by atoms with Gasteiger partial charge in [-0.25, -0.2) is 16.8 Å². The number of rotatable bonds is 9. The summed E-state index contributed by atoms with van der Waals surface area (Å²) >= 11 is 0. The van der Waals surface area contributed by atoms with Crippen LogP contribution in [0.25, 0.3) is 32.3 Å². The van der Waals surface area contributed by atoms with Gasteiger partial charge < -0.3 is 19.9 Å². The molecule has 7 rings (SSSR count). The molecule has 23 heteroatoms. The predicted octanol–water partition coefficient (Wildman–Crippen LogP) is -0.885. The molecule has 0 aliphatic carbocycles. The molecule has 0 saturated heterocycles. The van der Waals surface area contributed by atoms with E-state index in [9.17, 15) is 44.0 Å². The first-order valence-electron chi connectivity index (χ1n) is 15.8. The summed E-state index contributed by atoms with van der Waals surface area (Å²) in [6, 6.07) is 25.4. The van der Waals surface area contributed by atoms with Gasteiger partial charge in [-0.15, -0.1) is 20.5 Å². The second kappa shape index (κ2) is 19.0. The quantitative estimate of drug-likeness (QED) is 0.0777. The molecular weight excluding hydrogens is 856 g/mol. The van der Waals surface area contributed by atoms with Crippen LogP contribution in [0.2, 0.25) is 0 Å². The molecule has 59 heavy (non-hydrogen) atoms.